The number of benzene rings is 1. The van der Waals surface area contributed by atoms with Crippen molar-refractivity contribution in [1.29, 1.82) is 0 Å². The number of para-hydroxylation sites is 1. The lowest BCUT2D eigenvalue weighted by Crippen LogP contribution is -2.38. The molecule has 1 saturated carbocycles. The second-order valence-corrected chi connectivity index (χ2v) is 5.97. The molecule has 96 valence electrons. The molecular weight excluding hydrogens is 224 g/mol. The summed E-state index contributed by atoms with van der Waals surface area (Å²) in [5, 5.41) is 13.5. The van der Waals surface area contributed by atoms with E-state index in [2.05, 4.69) is 28.4 Å². The van der Waals surface area contributed by atoms with Crippen LogP contribution in [-0.4, -0.2) is 30.8 Å². The summed E-state index contributed by atoms with van der Waals surface area (Å²) in [6.07, 6.45) is 1.86. The molecule has 3 unspecified atom stereocenters. The molecule has 18 heavy (non-hydrogen) atoms. The molecule has 0 saturated heterocycles. The van der Waals surface area contributed by atoms with Crippen molar-refractivity contribution in [2.45, 2.75) is 31.4 Å². The van der Waals surface area contributed by atoms with Crippen molar-refractivity contribution >= 4 is 5.69 Å². The highest BCUT2D eigenvalue weighted by Gasteiger charge is 2.41. The van der Waals surface area contributed by atoms with Gasteiger partial charge in [-0.1, -0.05) is 18.2 Å². The third kappa shape index (κ3) is 1.50. The number of fused-ring (bicyclic) bond motifs is 2. The van der Waals surface area contributed by atoms with Gasteiger partial charge in [-0.2, -0.15) is 0 Å². The van der Waals surface area contributed by atoms with E-state index in [0.29, 0.717) is 11.8 Å². The van der Waals surface area contributed by atoms with Crippen LogP contribution in [0.25, 0.3) is 0 Å². The van der Waals surface area contributed by atoms with E-state index < -0.39 is 0 Å². The van der Waals surface area contributed by atoms with Gasteiger partial charge in [0.05, 0.1) is 6.10 Å². The van der Waals surface area contributed by atoms with Gasteiger partial charge in [-0.05, 0) is 35.8 Å². The number of aliphatic hydroxyl groups excluding tert-OH is 1. The first-order chi connectivity index (χ1) is 8.83. The third-order valence-electron chi connectivity index (χ3n) is 4.87. The monoisotopic (exact) mass is 244 g/mol. The van der Waals surface area contributed by atoms with Crippen LogP contribution >= 0.6 is 0 Å². The minimum absolute atomic E-state index is 0.0856. The Kier molecular flexibility index (Phi) is 2.39. The Morgan fingerprint density at radius 3 is 3.17 bits per heavy atom. The zero-order valence-electron chi connectivity index (χ0n) is 10.6. The summed E-state index contributed by atoms with van der Waals surface area (Å²) in [6.45, 7) is 4.28. The average Bonchev–Trinajstić information content (AvgIpc) is 2.61. The molecule has 0 amide bonds. The molecule has 2 aliphatic heterocycles. The standard InChI is InChI=1S/C15H20N2O/c18-12-6-11-9-17-5-4-16-8-10-2-1-3-13(15(10)17)14(11)7-12/h1-3,11-12,14,16,18H,4-9H2. The predicted octanol–water partition coefficient (Wildman–Crippen LogP) is 1.46. The summed E-state index contributed by atoms with van der Waals surface area (Å²) < 4.78 is 0. The smallest absolute Gasteiger partial charge is 0.0549 e. The molecule has 0 spiro atoms. The second-order valence-electron chi connectivity index (χ2n) is 5.97. The zero-order chi connectivity index (χ0) is 12.1. The molecule has 0 bridgehead atoms. The minimum atomic E-state index is -0.0856. The summed E-state index contributed by atoms with van der Waals surface area (Å²) in [6, 6.07) is 6.72. The molecule has 3 heteroatoms. The largest absolute Gasteiger partial charge is 0.393 e. The topological polar surface area (TPSA) is 35.5 Å². The van der Waals surface area contributed by atoms with Gasteiger partial charge in [0, 0.05) is 31.9 Å². The third-order valence-corrected chi connectivity index (χ3v) is 4.87. The highest BCUT2D eigenvalue weighted by Crippen LogP contribution is 2.48. The van der Waals surface area contributed by atoms with E-state index >= 15 is 0 Å². The summed E-state index contributed by atoms with van der Waals surface area (Å²) in [5.41, 5.74) is 4.40. The van der Waals surface area contributed by atoms with Crippen LogP contribution in [0, 0.1) is 5.92 Å². The van der Waals surface area contributed by atoms with Gasteiger partial charge in [0.2, 0.25) is 0 Å². The zero-order valence-corrected chi connectivity index (χ0v) is 10.6. The molecule has 3 nitrogen and oxygen atoms in total. The van der Waals surface area contributed by atoms with Crippen molar-refractivity contribution in [3.05, 3.63) is 29.3 Å². The fourth-order valence-electron chi connectivity index (χ4n) is 4.13. The molecule has 0 radical (unpaired) electrons. The fraction of sp³-hybridized carbons (Fsp3) is 0.600. The van der Waals surface area contributed by atoms with Crippen LogP contribution in [0.15, 0.2) is 18.2 Å². The highest BCUT2D eigenvalue weighted by molar-refractivity contribution is 5.64. The lowest BCUT2D eigenvalue weighted by molar-refractivity contribution is 0.177. The lowest BCUT2D eigenvalue weighted by atomic mass is 9.82. The Morgan fingerprint density at radius 1 is 1.28 bits per heavy atom. The molecule has 1 aromatic rings. The van der Waals surface area contributed by atoms with Crippen molar-refractivity contribution in [2.75, 3.05) is 24.5 Å². The van der Waals surface area contributed by atoms with Gasteiger partial charge >= 0.3 is 0 Å². The maximum atomic E-state index is 9.95. The lowest BCUT2D eigenvalue weighted by Gasteiger charge is -2.38. The van der Waals surface area contributed by atoms with Crippen molar-refractivity contribution in [3.8, 4) is 0 Å². The van der Waals surface area contributed by atoms with Crippen molar-refractivity contribution < 1.29 is 5.11 Å². The first kappa shape index (κ1) is 10.8. The van der Waals surface area contributed by atoms with E-state index in [0.717, 1.165) is 39.0 Å². The molecule has 1 aromatic carbocycles. The summed E-state index contributed by atoms with van der Waals surface area (Å²) in [4.78, 5) is 2.55. The van der Waals surface area contributed by atoms with Crippen LogP contribution < -0.4 is 10.2 Å². The normalized spacial score (nSPS) is 33.8. The SMILES string of the molecule is OC1CC2CN3CCNCc4cccc(c43)C2C1. The van der Waals surface area contributed by atoms with E-state index in [1.54, 1.807) is 0 Å². The van der Waals surface area contributed by atoms with Crippen molar-refractivity contribution in [2.24, 2.45) is 5.92 Å². The molecule has 2 heterocycles. The van der Waals surface area contributed by atoms with Gasteiger partial charge in [-0.3, -0.25) is 0 Å². The number of anilines is 1. The Hall–Kier alpha value is -1.06. The first-order valence-electron chi connectivity index (χ1n) is 7.08. The van der Waals surface area contributed by atoms with Gasteiger partial charge < -0.3 is 15.3 Å². The Balaban J connectivity index is 1.84. The van der Waals surface area contributed by atoms with Gasteiger partial charge in [0.1, 0.15) is 0 Å². The Morgan fingerprint density at radius 2 is 2.22 bits per heavy atom. The number of hydrogen-bond donors (Lipinski definition) is 2. The van der Waals surface area contributed by atoms with Gasteiger partial charge in [0.25, 0.3) is 0 Å². The maximum Gasteiger partial charge on any atom is 0.0549 e. The number of nitrogens with one attached hydrogen (secondary N) is 1. The summed E-state index contributed by atoms with van der Waals surface area (Å²) >= 11 is 0. The predicted molar refractivity (Wildman–Crippen MR) is 71.8 cm³/mol. The van der Waals surface area contributed by atoms with E-state index in [-0.39, 0.29) is 6.10 Å². The summed E-state index contributed by atoms with van der Waals surface area (Å²) in [7, 11) is 0. The number of hydrogen-bond acceptors (Lipinski definition) is 3. The Bertz CT molecular complexity index is 474. The minimum Gasteiger partial charge on any atom is -0.393 e. The average molecular weight is 244 g/mol. The van der Waals surface area contributed by atoms with E-state index in [1.807, 2.05) is 0 Å². The molecule has 2 N–H and O–H groups in total. The number of rotatable bonds is 0. The molecular formula is C15H20N2O. The molecule has 3 atom stereocenters. The van der Waals surface area contributed by atoms with Gasteiger partial charge in [-0.25, -0.2) is 0 Å². The van der Waals surface area contributed by atoms with Crippen molar-refractivity contribution in [3.63, 3.8) is 0 Å². The maximum absolute atomic E-state index is 9.95. The van der Waals surface area contributed by atoms with Crippen LogP contribution in [0.1, 0.15) is 29.9 Å². The van der Waals surface area contributed by atoms with Crippen LogP contribution in [0.5, 0.6) is 0 Å². The Labute approximate surface area is 108 Å². The van der Waals surface area contributed by atoms with Crippen LogP contribution in [0.2, 0.25) is 0 Å². The van der Waals surface area contributed by atoms with E-state index in [4.69, 9.17) is 0 Å². The summed E-state index contributed by atoms with van der Waals surface area (Å²) in [5.74, 6) is 1.24. The molecule has 1 fully saturated rings. The molecule has 4 rings (SSSR count). The van der Waals surface area contributed by atoms with E-state index in [9.17, 15) is 5.11 Å². The fourth-order valence-corrected chi connectivity index (χ4v) is 4.13. The quantitative estimate of drug-likeness (QED) is 0.725. The van der Waals surface area contributed by atoms with Crippen molar-refractivity contribution in [1.82, 2.24) is 5.32 Å². The van der Waals surface area contributed by atoms with E-state index in [1.165, 1.54) is 16.8 Å². The van der Waals surface area contributed by atoms with Gasteiger partial charge in [0.15, 0.2) is 0 Å². The van der Waals surface area contributed by atoms with Gasteiger partial charge in [-0.15, -0.1) is 0 Å². The first-order valence-corrected chi connectivity index (χ1v) is 7.08. The van der Waals surface area contributed by atoms with Crippen LogP contribution in [0.3, 0.4) is 0 Å². The highest BCUT2D eigenvalue weighted by atomic mass is 16.3. The van der Waals surface area contributed by atoms with Crippen LogP contribution in [-0.2, 0) is 6.54 Å². The molecule has 0 aromatic heterocycles. The number of aliphatic hydroxyl groups is 1. The number of nitrogens with zero attached hydrogens (tertiary/aromatic N) is 1. The second kappa shape index (κ2) is 3.97. The van der Waals surface area contributed by atoms with Crippen LogP contribution in [0.4, 0.5) is 5.69 Å². The molecule has 1 aliphatic carbocycles. The molecule has 3 aliphatic rings.